The number of ether oxygens (including phenoxy) is 1. The van der Waals surface area contributed by atoms with E-state index in [1.807, 2.05) is 12.1 Å². The summed E-state index contributed by atoms with van der Waals surface area (Å²) in [5.41, 5.74) is 1.12. The van der Waals surface area contributed by atoms with E-state index in [4.69, 9.17) is 4.74 Å². The summed E-state index contributed by atoms with van der Waals surface area (Å²) < 4.78 is 5.96. The highest BCUT2D eigenvalue weighted by atomic mass is 16.5. The topological polar surface area (TPSA) is 12.5 Å². The molecule has 0 unspecified atom stereocenters. The van der Waals surface area contributed by atoms with Gasteiger partial charge in [-0.15, -0.1) is 0 Å². The molecule has 1 aromatic rings. The number of benzene rings is 1. The van der Waals surface area contributed by atoms with Crippen molar-refractivity contribution in [3.05, 3.63) is 24.3 Å². The lowest BCUT2D eigenvalue weighted by atomic mass is 10.0. The van der Waals surface area contributed by atoms with E-state index in [1.54, 1.807) is 0 Å². The van der Waals surface area contributed by atoms with Crippen molar-refractivity contribution < 1.29 is 4.74 Å². The van der Waals surface area contributed by atoms with E-state index in [-0.39, 0.29) is 5.60 Å². The number of para-hydroxylation sites is 2. The van der Waals surface area contributed by atoms with Gasteiger partial charge in [0.2, 0.25) is 0 Å². The monoisotopic (exact) mass is 205 g/mol. The van der Waals surface area contributed by atoms with E-state index in [2.05, 4.69) is 44.7 Å². The third kappa shape index (κ3) is 1.94. The lowest BCUT2D eigenvalue weighted by Gasteiger charge is -2.42. The Hall–Kier alpha value is -1.18. The van der Waals surface area contributed by atoms with Crippen molar-refractivity contribution in [3.8, 4) is 5.75 Å². The van der Waals surface area contributed by atoms with Gasteiger partial charge < -0.3 is 9.64 Å². The Kier molecular flexibility index (Phi) is 2.37. The second-order valence-electron chi connectivity index (χ2n) is 5.05. The van der Waals surface area contributed by atoms with E-state index in [0.29, 0.717) is 6.04 Å². The van der Waals surface area contributed by atoms with Gasteiger partial charge in [-0.05, 0) is 39.8 Å². The average molecular weight is 205 g/mol. The first-order valence-corrected chi connectivity index (χ1v) is 5.54. The molecule has 1 heterocycles. The molecule has 1 aliphatic heterocycles. The maximum atomic E-state index is 5.96. The van der Waals surface area contributed by atoms with Crippen LogP contribution in [0.4, 0.5) is 5.69 Å². The van der Waals surface area contributed by atoms with Crippen molar-refractivity contribution in [1.82, 2.24) is 0 Å². The first kappa shape index (κ1) is 10.3. The fourth-order valence-electron chi connectivity index (χ4n) is 2.07. The van der Waals surface area contributed by atoms with Crippen molar-refractivity contribution in [2.24, 2.45) is 0 Å². The second-order valence-corrected chi connectivity index (χ2v) is 5.05. The van der Waals surface area contributed by atoms with Crippen LogP contribution in [0.5, 0.6) is 5.75 Å². The molecule has 15 heavy (non-hydrogen) atoms. The highest BCUT2D eigenvalue weighted by molar-refractivity contribution is 5.61. The summed E-state index contributed by atoms with van der Waals surface area (Å²) in [5.74, 6) is 1.00. The van der Waals surface area contributed by atoms with Crippen LogP contribution in [0, 0.1) is 0 Å². The van der Waals surface area contributed by atoms with Crippen LogP contribution in [-0.2, 0) is 0 Å². The Morgan fingerprint density at radius 3 is 2.60 bits per heavy atom. The minimum Gasteiger partial charge on any atom is -0.484 e. The predicted molar refractivity (Wildman–Crippen MR) is 63.6 cm³/mol. The number of hydrogen-bond acceptors (Lipinski definition) is 2. The molecule has 1 aromatic carbocycles. The van der Waals surface area contributed by atoms with Crippen molar-refractivity contribution in [2.45, 2.75) is 39.3 Å². The minimum absolute atomic E-state index is 0.0986. The van der Waals surface area contributed by atoms with Crippen LogP contribution in [0.3, 0.4) is 0 Å². The lowest BCUT2D eigenvalue weighted by molar-refractivity contribution is 0.103. The summed E-state index contributed by atoms with van der Waals surface area (Å²) in [4.78, 5) is 2.40. The molecule has 0 atom stereocenters. The van der Waals surface area contributed by atoms with Gasteiger partial charge in [-0.1, -0.05) is 12.1 Å². The summed E-state index contributed by atoms with van der Waals surface area (Å²) in [6, 6.07) is 8.78. The molecule has 0 saturated carbocycles. The van der Waals surface area contributed by atoms with Gasteiger partial charge in [0.25, 0.3) is 0 Å². The summed E-state index contributed by atoms with van der Waals surface area (Å²) in [7, 11) is 0. The Morgan fingerprint density at radius 2 is 1.93 bits per heavy atom. The third-order valence-corrected chi connectivity index (χ3v) is 2.74. The van der Waals surface area contributed by atoms with Gasteiger partial charge in [0, 0.05) is 6.04 Å². The van der Waals surface area contributed by atoms with Gasteiger partial charge in [-0.2, -0.15) is 0 Å². The normalized spacial score (nSPS) is 18.6. The molecule has 0 amide bonds. The van der Waals surface area contributed by atoms with Crippen molar-refractivity contribution >= 4 is 5.69 Å². The van der Waals surface area contributed by atoms with Gasteiger partial charge in [-0.3, -0.25) is 0 Å². The third-order valence-electron chi connectivity index (χ3n) is 2.74. The van der Waals surface area contributed by atoms with Gasteiger partial charge >= 0.3 is 0 Å². The second kappa shape index (κ2) is 3.44. The van der Waals surface area contributed by atoms with E-state index in [1.165, 1.54) is 5.69 Å². The first-order chi connectivity index (χ1) is 6.99. The summed E-state index contributed by atoms with van der Waals surface area (Å²) in [6.45, 7) is 9.66. The molecule has 0 spiro atoms. The van der Waals surface area contributed by atoms with Gasteiger partial charge in [-0.25, -0.2) is 0 Å². The van der Waals surface area contributed by atoms with Crippen LogP contribution in [0.25, 0.3) is 0 Å². The Labute approximate surface area is 91.9 Å². The lowest BCUT2D eigenvalue weighted by Crippen LogP contribution is -2.49. The molecule has 0 aromatic heterocycles. The minimum atomic E-state index is -0.0986. The molecule has 2 nitrogen and oxygen atoms in total. The average Bonchev–Trinajstić information content (AvgIpc) is 2.14. The van der Waals surface area contributed by atoms with Crippen LogP contribution in [0.2, 0.25) is 0 Å². The van der Waals surface area contributed by atoms with E-state index in [0.717, 1.165) is 12.3 Å². The molecule has 0 saturated heterocycles. The van der Waals surface area contributed by atoms with Crippen molar-refractivity contribution in [1.29, 1.82) is 0 Å². The standard InChI is InChI=1S/C13H19NO/c1-10(2)14-9-13(3,4)15-12-8-6-5-7-11(12)14/h5-8,10H,9H2,1-4H3. The van der Waals surface area contributed by atoms with E-state index >= 15 is 0 Å². The highest BCUT2D eigenvalue weighted by Crippen LogP contribution is 2.37. The fourth-order valence-corrected chi connectivity index (χ4v) is 2.07. The molecule has 1 aliphatic rings. The largest absolute Gasteiger partial charge is 0.484 e. The number of anilines is 1. The zero-order valence-electron chi connectivity index (χ0n) is 9.95. The zero-order valence-corrected chi connectivity index (χ0v) is 9.95. The quantitative estimate of drug-likeness (QED) is 0.698. The summed E-state index contributed by atoms with van der Waals surface area (Å²) >= 11 is 0. The zero-order chi connectivity index (χ0) is 11.1. The number of hydrogen-bond donors (Lipinski definition) is 0. The maximum absolute atomic E-state index is 5.96. The molecular weight excluding hydrogens is 186 g/mol. The smallest absolute Gasteiger partial charge is 0.143 e. The molecular formula is C13H19NO. The summed E-state index contributed by atoms with van der Waals surface area (Å²) in [5, 5.41) is 0. The number of fused-ring (bicyclic) bond motifs is 1. The number of nitrogens with zero attached hydrogens (tertiary/aromatic N) is 1. The molecule has 0 fully saturated rings. The van der Waals surface area contributed by atoms with Crippen molar-refractivity contribution in [3.63, 3.8) is 0 Å². The highest BCUT2D eigenvalue weighted by Gasteiger charge is 2.32. The Balaban J connectivity index is 2.43. The first-order valence-electron chi connectivity index (χ1n) is 5.54. The Bertz CT molecular complexity index is 357. The van der Waals surface area contributed by atoms with Gasteiger partial charge in [0.15, 0.2) is 0 Å². The van der Waals surface area contributed by atoms with Crippen LogP contribution < -0.4 is 9.64 Å². The predicted octanol–water partition coefficient (Wildman–Crippen LogP) is 3.07. The van der Waals surface area contributed by atoms with Crippen molar-refractivity contribution in [2.75, 3.05) is 11.4 Å². The van der Waals surface area contributed by atoms with Crippen LogP contribution in [-0.4, -0.2) is 18.2 Å². The fraction of sp³-hybridized carbons (Fsp3) is 0.538. The molecule has 0 N–H and O–H groups in total. The molecule has 82 valence electrons. The van der Waals surface area contributed by atoms with Gasteiger partial charge in [0.1, 0.15) is 11.4 Å². The van der Waals surface area contributed by atoms with E-state index < -0.39 is 0 Å². The molecule has 2 rings (SSSR count). The molecule has 0 aliphatic carbocycles. The molecule has 0 bridgehead atoms. The molecule has 2 heteroatoms. The van der Waals surface area contributed by atoms with Gasteiger partial charge in [0.05, 0.1) is 12.2 Å². The number of rotatable bonds is 1. The molecule has 0 radical (unpaired) electrons. The van der Waals surface area contributed by atoms with Crippen LogP contribution in [0.15, 0.2) is 24.3 Å². The van der Waals surface area contributed by atoms with E-state index in [9.17, 15) is 0 Å². The maximum Gasteiger partial charge on any atom is 0.143 e. The SMILES string of the molecule is CC(C)N1CC(C)(C)Oc2ccccc21. The Morgan fingerprint density at radius 1 is 1.27 bits per heavy atom. The van der Waals surface area contributed by atoms with Crippen LogP contribution in [0.1, 0.15) is 27.7 Å². The van der Waals surface area contributed by atoms with Crippen LogP contribution >= 0.6 is 0 Å². The summed E-state index contributed by atoms with van der Waals surface area (Å²) in [6.07, 6.45) is 0.